The van der Waals surface area contributed by atoms with Crippen molar-refractivity contribution in [2.75, 3.05) is 13.1 Å². The first-order valence-electron chi connectivity index (χ1n) is 8.08. The number of piperidine rings is 1. The molecule has 3 rings (SSSR count). The maximum Gasteiger partial charge on any atom is 0.0359 e. The van der Waals surface area contributed by atoms with Gasteiger partial charge in [-0.15, -0.1) is 22.7 Å². The Morgan fingerprint density at radius 3 is 2.57 bits per heavy atom. The van der Waals surface area contributed by atoms with Crippen LogP contribution in [-0.4, -0.2) is 18.0 Å². The molecule has 0 saturated carbocycles. The molecule has 2 aromatic heterocycles. The summed E-state index contributed by atoms with van der Waals surface area (Å²) in [4.78, 5) is 7.17. The molecular weight excluding hydrogens is 294 g/mol. The van der Waals surface area contributed by atoms with Gasteiger partial charge in [0.25, 0.3) is 0 Å². The molecule has 2 aromatic rings. The fourth-order valence-electron chi connectivity index (χ4n) is 3.16. The smallest absolute Gasteiger partial charge is 0.0359 e. The van der Waals surface area contributed by atoms with Gasteiger partial charge in [-0.05, 0) is 62.9 Å². The highest BCUT2D eigenvalue weighted by atomic mass is 32.1. The third-order valence-electron chi connectivity index (χ3n) is 4.81. The summed E-state index contributed by atoms with van der Waals surface area (Å²) in [6.45, 7) is 8.42. The highest BCUT2D eigenvalue weighted by molar-refractivity contribution is 7.13. The van der Waals surface area contributed by atoms with Crippen LogP contribution in [0.4, 0.5) is 0 Å². The van der Waals surface area contributed by atoms with Gasteiger partial charge in [-0.2, -0.15) is 0 Å². The van der Waals surface area contributed by atoms with E-state index in [1.807, 2.05) is 22.7 Å². The molecule has 0 bridgehead atoms. The molecule has 3 heterocycles. The summed E-state index contributed by atoms with van der Waals surface area (Å²) >= 11 is 3.91. The van der Waals surface area contributed by atoms with Gasteiger partial charge in [0, 0.05) is 26.6 Å². The van der Waals surface area contributed by atoms with Crippen molar-refractivity contribution in [1.29, 1.82) is 0 Å². The van der Waals surface area contributed by atoms with Gasteiger partial charge in [0.1, 0.15) is 0 Å². The summed E-state index contributed by atoms with van der Waals surface area (Å²) in [6, 6.07) is 9.19. The zero-order valence-electron chi connectivity index (χ0n) is 13.1. The highest BCUT2D eigenvalue weighted by Crippen LogP contribution is 2.41. The van der Waals surface area contributed by atoms with Crippen LogP contribution in [0.1, 0.15) is 54.2 Å². The fourth-order valence-corrected chi connectivity index (χ4v) is 5.48. The van der Waals surface area contributed by atoms with Crippen LogP contribution in [0.5, 0.6) is 0 Å². The SMILES string of the molecule is CCC(C)(c1cccs1)c1ccc(CN2CCCCC2)s1. The minimum atomic E-state index is 0.193. The van der Waals surface area contributed by atoms with E-state index >= 15 is 0 Å². The summed E-state index contributed by atoms with van der Waals surface area (Å²) in [5.74, 6) is 0. The number of rotatable bonds is 5. The summed E-state index contributed by atoms with van der Waals surface area (Å²) < 4.78 is 0. The first-order valence-corrected chi connectivity index (χ1v) is 9.77. The van der Waals surface area contributed by atoms with E-state index < -0.39 is 0 Å². The van der Waals surface area contributed by atoms with Crippen LogP contribution in [0.3, 0.4) is 0 Å². The Hall–Kier alpha value is -0.640. The number of hydrogen-bond acceptors (Lipinski definition) is 3. The Kier molecular flexibility index (Phi) is 4.82. The molecule has 0 amide bonds. The lowest BCUT2D eigenvalue weighted by Gasteiger charge is -2.27. The van der Waals surface area contributed by atoms with Crippen molar-refractivity contribution in [1.82, 2.24) is 4.90 Å². The van der Waals surface area contributed by atoms with Crippen LogP contribution in [0.25, 0.3) is 0 Å². The molecule has 1 saturated heterocycles. The number of hydrogen-bond donors (Lipinski definition) is 0. The predicted molar refractivity (Wildman–Crippen MR) is 94.5 cm³/mol. The Bertz CT molecular complexity index is 552. The Morgan fingerprint density at radius 1 is 1.10 bits per heavy atom. The molecule has 0 radical (unpaired) electrons. The molecule has 1 atom stereocenters. The largest absolute Gasteiger partial charge is 0.298 e. The second kappa shape index (κ2) is 6.64. The van der Waals surface area contributed by atoms with Crippen LogP contribution in [-0.2, 0) is 12.0 Å². The van der Waals surface area contributed by atoms with Crippen molar-refractivity contribution < 1.29 is 0 Å². The van der Waals surface area contributed by atoms with Crippen LogP contribution in [0, 0.1) is 0 Å². The normalized spacial score (nSPS) is 19.5. The monoisotopic (exact) mass is 319 g/mol. The second-order valence-electron chi connectivity index (χ2n) is 6.27. The molecule has 1 unspecified atom stereocenters. The van der Waals surface area contributed by atoms with Crippen molar-refractivity contribution in [2.45, 2.75) is 51.5 Å². The highest BCUT2D eigenvalue weighted by Gasteiger charge is 2.29. The molecule has 0 spiro atoms. The van der Waals surface area contributed by atoms with Gasteiger partial charge >= 0.3 is 0 Å². The van der Waals surface area contributed by atoms with Gasteiger partial charge in [-0.1, -0.05) is 19.4 Å². The standard InChI is InChI=1S/C18H25NS2/c1-3-18(2,16-8-7-13-20-16)17-10-9-15(21-17)14-19-11-5-4-6-12-19/h7-10,13H,3-6,11-12,14H2,1-2H3. The minimum Gasteiger partial charge on any atom is -0.298 e. The van der Waals surface area contributed by atoms with E-state index in [2.05, 4.69) is 48.4 Å². The van der Waals surface area contributed by atoms with E-state index in [0.29, 0.717) is 0 Å². The molecule has 1 nitrogen and oxygen atoms in total. The molecule has 1 fully saturated rings. The lowest BCUT2D eigenvalue weighted by atomic mass is 9.84. The van der Waals surface area contributed by atoms with Crippen LogP contribution in [0.15, 0.2) is 29.6 Å². The molecule has 1 aliphatic rings. The van der Waals surface area contributed by atoms with E-state index in [1.165, 1.54) is 47.0 Å². The zero-order chi connectivity index (χ0) is 14.7. The van der Waals surface area contributed by atoms with Gasteiger partial charge in [-0.3, -0.25) is 4.90 Å². The lowest BCUT2D eigenvalue weighted by molar-refractivity contribution is 0.222. The molecule has 0 aliphatic carbocycles. The van der Waals surface area contributed by atoms with E-state index in [4.69, 9.17) is 0 Å². The van der Waals surface area contributed by atoms with Crippen molar-refractivity contribution in [3.8, 4) is 0 Å². The van der Waals surface area contributed by atoms with Gasteiger partial charge < -0.3 is 0 Å². The van der Waals surface area contributed by atoms with Crippen molar-refractivity contribution in [2.24, 2.45) is 0 Å². The van der Waals surface area contributed by atoms with Gasteiger partial charge in [0.15, 0.2) is 0 Å². The van der Waals surface area contributed by atoms with Crippen LogP contribution in [0.2, 0.25) is 0 Å². The van der Waals surface area contributed by atoms with Crippen molar-refractivity contribution in [3.05, 3.63) is 44.3 Å². The van der Waals surface area contributed by atoms with Gasteiger partial charge in [-0.25, -0.2) is 0 Å². The summed E-state index contributed by atoms with van der Waals surface area (Å²) in [7, 11) is 0. The Morgan fingerprint density at radius 2 is 1.90 bits per heavy atom. The average molecular weight is 320 g/mol. The minimum absolute atomic E-state index is 0.193. The topological polar surface area (TPSA) is 3.24 Å². The molecule has 3 heteroatoms. The summed E-state index contributed by atoms with van der Waals surface area (Å²) in [5.41, 5.74) is 0.193. The maximum atomic E-state index is 2.62. The Balaban J connectivity index is 1.77. The number of likely N-dealkylation sites (tertiary alicyclic amines) is 1. The van der Waals surface area contributed by atoms with Gasteiger partial charge in [0.05, 0.1) is 0 Å². The van der Waals surface area contributed by atoms with Crippen LogP contribution < -0.4 is 0 Å². The third-order valence-corrected chi connectivity index (χ3v) is 7.27. The summed E-state index contributed by atoms with van der Waals surface area (Å²) in [6.07, 6.45) is 5.33. The molecule has 0 aromatic carbocycles. The van der Waals surface area contributed by atoms with Crippen molar-refractivity contribution >= 4 is 22.7 Å². The van der Waals surface area contributed by atoms with Gasteiger partial charge in [0.2, 0.25) is 0 Å². The maximum absolute atomic E-state index is 2.62. The first-order chi connectivity index (χ1) is 10.2. The van der Waals surface area contributed by atoms with Crippen LogP contribution >= 0.6 is 22.7 Å². The Labute approximate surface area is 136 Å². The van der Waals surface area contributed by atoms with E-state index in [-0.39, 0.29) is 5.41 Å². The quantitative estimate of drug-likeness (QED) is 0.702. The summed E-state index contributed by atoms with van der Waals surface area (Å²) in [5, 5.41) is 2.20. The molecule has 21 heavy (non-hydrogen) atoms. The zero-order valence-corrected chi connectivity index (χ0v) is 14.7. The average Bonchev–Trinajstić information content (AvgIpc) is 3.19. The second-order valence-corrected chi connectivity index (χ2v) is 8.38. The molecule has 1 aliphatic heterocycles. The van der Waals surface area contributed by atoms with E-state index in [9.17, 15) is 0 Å². The molecule has 0 N–H and O–H groups in total. The fraction of sp³-hybridized carbons (Fsp3) is 0.556. The molecule has 114 valence electrons. The van der Waals surface area contributed by atoms with E-state index in [0.717, 1.165) is 13.0 Å². The number of nitrogens with zero attached hydrogens (tertiary/aromatic N) is 1. The lowest BCUT2D eigenvalue weighted by Crippen LogP contribution is -2.28. The van der Waals surface area contributed by atoms with Crippen molar-refractivity contribution in [3.63, 3.8) is 0 Å². The van der Waals surface area contributed by atoms with E-state index in [1.54, 1.807) is 0 Å². The molecular formula is C18H25NS2. The predicted octanol–water partition coefficient (Wildman–Crippen LogP) is 5.51. The number of thiophene rings is 2. The first kappa shape index (κ1) is 15.3. The third kappa shape index (κ3) is 3.25.